The highest BCUT2D eigenvalue weighted by atomic mass is 16.5. The fraction of sp³-hybridized carbons (Fsp3) is 0.167. The van der Waals surface area contributed by atoms with Crippen LogP contribution >= 0.6 is 0 Å². The maximum atomic E-state index is 5.45. The first kappa shape index (κ1) is 61.5. The molecule has 16 aromatic rings. The van der Waals surface area contributed by atoms with E-state index in [0.717, 1.165) is 205 Å². The number of pyridine rings is 8. The molecule has 0 unspecified atom stereocenters. The van der Waals surface area contributed by atoms with Crippen molar-refractivity contribution >= 4 is 157 Å². The minimum absolute atomic E-state index is 0.699. The highest BCUT2D eigenvalue weighted by molar-refractivity contribution is 5.99. The fourth-order valence-electron chi connectivity index (χ4n) is 12.0. The number of nitrogens with one attached hydrogen (secondary N) is 10. The summed E-state index contributed by atoms with van der Waals surface area (Å²) in [5, 5.41) is 58.9. The van der Waals surface area contributed by atoms with Crippen LogP contribution in [0.15, 0.2) is 195 Å². The third kappa shape index (κ3) is 13.4. The second kappa shape index (κ2) is 28.5. The van der Waals surface area contributed by atoms with Gasteiger partial charge in [-0.05, 0) is 163 Å². The molecule has 2 fully saturated rings. The van der Waals surface area contributed by atoms with E-state index in [2.05, 4.69) is 197 Å². The van der Waals surface area contributed by atoms with Gasteiger partial charge >= 0.3 is 0 Å². The molecule has 2 aliphatic rings. The van der Waals surface area contributed by atoms with Crippen LogP contribution in [-0.2, 0) is 9.47 Å². The van der Waals surface area contributed by atoms with Crippen molar-refractivity contribution in [3.63, 3.8) is 0 Å². The summed E-state index contributed by atoms with van der Waals surface area (Å²) in [5.41, 5.74) is 10.7. The summed E-state index contributed by atoms with van der Waals surface area (Å²) < 4.78 is 10.9. The summed E-state index contributed by atoms with van der Waals surface area (Å²) in [6, 6.07) is 48.5. The van der Waals surface area contributed by atoms with Crippen molar-refractivity contribution in [3.8, 4) is 0 Å². The normalized spacial score (nSPS) is 13.0. The molecule has 0 bridgehead atoms. The zero-order valence-corrected chi connectivity index (χ0v) is 53.6. The number of fused-ring (bicyclic) bond motifs is 8. The quantitative estimate of drug-likeness (QED) is 0.0484. The van der Waals surface area contributed by atoms with Gasteiger partial charge in [0, 0.05) is 121 Å². The van der Waals surface area contributed by atoms with Crippen molar-refractivity contribution in [2.45, 2.75) is 13.8 Å². The first-order chi connectivity index (χ1) is 48.5. The minimum atomic E-state index is 0.699. The van der Waals surface area contributed by atoms with Gasteiger partial charge in [0.05, 0.1) is 71.3 Å². The number of morpholine rings is 2. The lowest BCUT2D eigenvalue weighted by Crippen LogP contribution is -2.36. The number of para-hydroxylation sites is 1. The molecule has 18 rings (SSSR count). The van der Waals surface area contributed by atoms with Crippen molar-refractivity contribution in [3.05, 3.63) is 195 Å². The highest BCUT2D eigenvalue weighted by Gasteiger charge is 2.19. The smallest absolute Gasteiger partial charge is 0.183 e. The van der Waals surface area contributed by atoms with Gasteiger partial charge in [-0.3, -0.25) is 35.3 Å². The molecular weight excluding hydrogens is 1230 g/mol. The van der Waals surface area contributed by atoms with Crippen LogP contribution in [0.4, 0.5) is 69.2 Å². The van der Waals surface area contributed by atoms with Gasteiger partial charge in [-0.1, -0.05) is 12.1 Å². The van der Waals surface area contributed by atoms with E-state index in [4.69, 9.17) is 9.47 Å². The molecule has 2 saturated heterocycles. The van der Waals surface area contributed by atoms with Crippen LogP contribution in [0.3, 0.4) is 0 Å². The number of hydrogen-bond donors (Lipinski definition) is 10. The Morgan fingerprint density at radius 2 is 0.847 bits per heavy atom. The third-order valence-corrected chi connectivity index (χ3v) is 16.7. The lowest BCUT2D eigenvalue weighted by molar-refractivity contribution is 0.122. The Bertz CT molecular complexity index is 5090. The van der Waals surface area contributed by atoms with Gasteiger partial charge in [-0.25, -0.2) is 24.9 Å². The van der Waals surface area contributed by atoms with Crippen LogP contribution in [0, 0.1) is 0 Å². The Morgan fingerprint density at radius 1 is 0.367 bits per heavy atom. The first-order valence-corrected chi connectivity index (χ1v) is 32.4. The van der Waals surface area contributed by atoms with Crippen molar-refractivity contribution in [1.82, 2.24) is 80.7 Å². The third-order valence-electron chi connectivity index (χ3n) is 16.7. The van der Waals surface area contributed by atoms with Gasteiger partial charge in [0.25, 0.3) is 0 Å². The summed E-state index contributed by atoms with van der Waals surface area (Å²) in [7, 11) is 0. The van der Waals surface area contributed by atoms with Gasteiger partial charge in [-0.2, -0.15) is 20.4 Å². The summed E-state index contributed by atoms with van der Waals surface area (Å²) in [5.74, 6) is 6.06. The van der Waals surface area contributed by atoms with Crippen LogP contribution in [-0.4, -0.2) is 146 Å². The number of benzene rings is 4. The van der Waals surface area contributed by atoms with Crippen LogP contribution in [0.2, 0.25) is 0 Å². The molecule has 0 spiro atoms. The maximum absolute atomic E-state index is 5.45. The van der Waals surface area contributed by atoms with Crippen LogP contribution in [0.5, 0.6) is 0 Å². The molecule has 0 amide bonds. The molecule has 98 heavy (non-hydrogen) atoms. The average molecular weight is 1300 g/mol. The molecule has 0 radical (unpaired) electrons. The predicted molar refractivity (Wildman–Crippen MR) is 390 cm³/mol. The number of aromatic nitrogens is 16. The summed E-state index contributed by atoms with van der Waals surface area (Å²) in [6.45, 7) is 12.3. The number of nitrogens with zero attached hydrogens (tertiary/aromatic N) is 14. The van der Waals surface area contributed by atoms with E-state index in [1.807, 2.05) is 110 Å². The largest absolute Gasteiger partial charge is 0.384 e. The van der Waals surface area contributed by atoms with Crippen LogP contribution in [0.1, 0.15) is 13.8 Å². The molecule has 26 nitrogen and oxygen atoms in total. The molecule has 2 aliphatic heterocycles. The zero-order chi connectivity index (χ0) is 66.0. The van der Waals surface area contributed by atoms with E-state index >= 15 is 0 Å². The molecule has 488 valence electrons. The molecule has 0 aliphatic carbocycles. The number of rotatable bonds is 14. The average Bonchev–Trinajstić information content (AvgIpc) is 1.30. The predicted octanol–water partition coefficient (Wildman–Crippen LogP) is 13.5. The lowest BCUT2D eigenvalue weighted by Gasteiger charge is -2.28. The van der Waals surface area contributed by atoms with Crippen molar-refractivity contribution in [1.29, 1.82) is 0 Å². The molecule has 14 heterocycles. The SMILES string of the molecule is CCNc1cccc2cc(Nc3n[nH]c4cccnc34)cnc12.CCNc1nccc2cc(Nc3[nH]nc4ncccc34)ccc12.c1cnc2c(Nc3ccc4c(N5CCOCC5)nccc4c3)n[nH]c2c1.c1cnc2n[nH]c(Nc3ccc4c(N5CCOCC5)nccc4c3)c2c1. The molecule has 26 heteroatoms. The maximum Gasteiger partial charge on any atom is 0.183 e. The zero-order valence-electron chi connectivity index (χ0n) is 53.6. The monoisotopic (exact) mass is 1300 g/mol. The van der Waals surface area contributed by atoms with Gasteiger partial charge in [-0.15, -0.1) is 0 Å². The summed E-state index contributed by atoms with van der Waals surface area (Å²) in [4.78, 5) is 40.0. The lowest BCUT2D eigenvalue weighted by atomic mass is 10.1. The second-order valence-electron chi connectivity index (χ2n) is 23.0. The number of aromatic amines is 4. The number of ether oxygens (including phenoxy) is 2. The second-order valence-corrected chi connectivity index (χ2v) is 23.0. The highest BCUT2D eigenvalue weighted by Crippen LogP contribution is 2.34. The van der Waals surface area contributed by atoms with Crippen LogP contribution < -0.4 is 41.7 Å². The van der Waals surface area contributed by atoms with Gasteiger partial charge < -0.3 is 51.2 Å². The number of hydrogen-bond acceptors (Lipinski definition) is 22. The first-order valence-electron chi connectivity index (χ1n) is 32.4. The van der Waals surface area contributed by atoms with E-state index in [9.17, 15) is 0 Å². The van der Waals surface area contributed by atoms with E-state index in [0.29, 0.717) is 17.1 Å². The molecule has 12 aromatic heterocycles. The Labute approximate surface area is 560 Å². The van der Waals surface area contributed by atoms with E-state index in [1.54, 1.807) is 24.8 Å². The summed E-state index contributed by atoms with van der Waals surface area (Å²) >= 11 is 0. The van der Waals surface area contributed by atoms with Crippen LogP contribution in [0.25, 0.3) is 87.4 Å². The molecule has 0 saturated carbocycles. The van der Waals surface area contributed by atoms with Gasteiger partial charge in [0.1, 0.15) is 40.1 Å². The topological polar surface area (TPSA) is 315 Å². The van der Waals surface area contributed by atoms with E-state index in [-0.39, 0.29) is 0 Å². The van der Waals surface area contributed by atoms with Crippen molar-refractivity contribution in [2.75, 3.05) is 107 Å². The Morgan fingerprint density at radius 3 is 1.40 bits per heavy atom. The molecule has 4 aromatic carbocycles. The fourth-order valence-corrected chi connectivity index (χ4v) is 12.0. The Kier molecular flexibility index (Phi) is 17.9. The standard InChI is InChI=1S/2C19H18N6O.2C17H16N6/c1-2-16-17(20-6-1)18(24-23-16)22-14-3-4-15-13(12-14)5-7-21-19(15)25-8-10-26-11-9-25;1-2-16-17(20-6-1)23-24-18(16)22-14-3-4-15-13(12-14)5-7-21-19(15)25-8-10-26-11-9-25;1-2-18-13-6-3-5-11-9-12(10-20-15(11)13)21-17-16-14(22-23-17)7-4-8-19-16;1-2-18-15-13-6-5-12(10-11(13)7-9-20-15)21-17-14-4-3-8-19-16(14)22-23-17/h1-7,12H,8-11H2,(H2,22,23,24);1-7,12H,8-11H2,(H2,20,22,23,24);3-10,18H,2H2,1H3,(H2,21,22,23);3-10H,2H2,1H3,(H,18,20)(H2,19,21,22,23). The number of anilines is 12. The molecule has 0 atom stereocenters. The van der Waals surface area contributed by atoms with E-state index < -0.39 is 0 Å². The van der Waals surface area contributed by atoms with Gasteiger partial charge in [0.2, 0.25) is 0 Å². The number of H-pyrrole nitrogens is 4. The van der Waals surface area contributed by atoms with Crippen molar-refractivity contribution in [2.24, 2.45) is 0 Å². The van der Waals surface area contributed by atoms with Crippen molar-refractivity contribution < 1.29 is 9.47 Å². The minimum Gasteiger partial charge on any atom is -0.384 e. The molecule has 10 N–H and O–H groups in total. The Hall–Kier alpha value is -12.7. The van der Waals surface area contributed by atoms with E-state index in [1.165, 1.54) is 0 Å². The van der Waals surface area contributed by atoms with Gasteiger partial charge in [0.15, 0.2) is 22.9 Å². The Balaban J connectivity index is 0.000000107. The molecular formula is C72H68N24O2. The summed E-state index contributed by atoms with van der Waals surface area (Å²) in [6.07, 6.45) is 14.4.